The third kappa shape index (κ3) is 12.9. The molecule has 0 fully saturated rings. The number of halogens is 1. The first-order chi connectivity index (χ1) is 8.35. The van der Waals surface area contributed by atoms with Gasteiger partial charge in [0, 0.05) is 21.2 Å². The molecule has 0 N–H and O–H groups in total. The molecule has 0 saturated heterocycles. The molecule has 0 saturated carbocycles. The maximum Gasteiger partial charge on any atom is 0.0478 e. The van der Waals surface area contributed by atoms with Crippen LogP contribution < -0.4 is 0 Å². The van der Waals surface area contributed by atoms with Gasteiger partial charge in [0.15, 0.2) is 0 Å². The Morgan fingerprint density at radius 3 is 1.47 bits per heavy atom. The summed E-state index contributed by atoms with van der Waals surface area (Å²) < 4.78 is 2.43. The lowest BCUT2D eigenvalue weighted by Gasteiger charge is -2.18. The number of hydrogen-bond donors (Lipinski definition) is 0. The highest BCUT2D eigenvalue weighted by Gasteiger charge is 2.02. The number of rotatable bonds is 13. The number of nitrogens with zero attached hydrogens (tertiary/aromatic N) is 1. The summed E-state index contributed by atoms with van der Waals surface area (Å²) in [6, 6.07) is 0. The van der Waals surface area contributed by atoms with Crippen molar-refractivity contribution < 1.29 is 0 Å². The Morgan fingerprint density at radius 2 is 1.12 bits per heavy atom. The van der Waals surface area contributed by atoms with Crippen molar-refractivity contribution >= 4 is 19.3 Å². The van der Waals surface area contributed by atoms with Crippen molar-refractivity contribution in [1.29, 1.82) is 0 Å². The van der Waals surface area contributed by atoms with Crippen LogP contribution in [0.2, 0.25) is 0 Å². The van der Waals surface area contributed by atoms with Crippen LogP contribution in [0.1, 0.15) is 78.1 Å². The highest BCUT2D eigenvalue weighted by molar-refractivity contribution is 7.66. The molecule has 3 heteroatoms. The molecular formula is C14H31ClNP. The van der Waals surface area contributed by atoms with Crippen LogP contribution in [0, 0.1) is 0 Å². The van der Waals surface area contributed by atoms with E-state index in [9.17, 15) is 0 Å². The lowest BCUT2D eigenvalue weighted by Crippen LogP contribution is -2.15. The van der Waals surface area contributed by atoms with Crippen LogP contribution >= 0.6 is 19.3 Å². The maximum atomic E-state index is 6.00. The van der Waals surface area contributed by atoms with Gasteiger partial charge >= 0.3 is 0 Å². The van der Waals surface area contributed by atoms with Gasteiger partial charge in [-0.15, -0.1) is 0 Å². The van der Waals surface area contributed by atoms with Crippen molar-refractivity contribution in [3.63, 3.8) is 0 Å². The van der Waals surface area contributed by atoms with E-state index >= 15 is 0 Å². The quantitative estimate of drug-likeness (QED) is 0.296. The zero-order valence-corrected chi connectivity index (χ0v) is 13.6. The van der Waals surface area contributed by atoms with E-state index in [4.69, 9.17) is 11.2 Å². The molecule has 0 bridgehead atoms. The molecular weight excluding hydrogens is 249 g/mol. The summed E-state index contributed by atoms with van der Waals surface area (Å²) in [6.07, 6.45) is 13.6. The fraction of sp³-hybridized carbons (Fsp3) is 1.00. The Hall–Kier alpha value is 0.680. The first-order valence-electron chi connectivity index (χ1n) is 7.46. The van der Waals surface area contributed by atoms with Gasteiger partial charge in [-0.3, -0.25) is 4.67 Å². The predicted octanol–water partition coefficient (Wildman–Crippen LogP) is 5.98. The zero-order valence-electron chi connectivity index (χ0n) is 11.8. The largest absolute Gasteiger partial charge is 0.272 e. The van der Waals surface area contributed by atoms with Crippen molar-refractivity contribution in [2.75, 3.05) is 13.1 Å². The summed E-state index contributed by atoms with van der Waals surface area (Å²) in [6.45, 7) is 6.95. The normalized spacial score (nSPS) is 12.0. The Labute approximate surface area is 115 Å². The van der Waals surface area contributed by atoms with E-state index in [1.807, 2.05) is 0 Å². The molecule has 0 aromatic heterocycles. The molecule has 0 aliphatic heterocycles. The standard InChI is InChI=1S/C14H31ClNP/c1-3-5-7-9-11-13-16(17-15)14-12-10-8-6-4-2/h17H,3-14H2,1-2H3. The Morgan fingerprint density at radius 1 is 0.706 bits per heavy atom. The highest BCUT2D eigenvalue weighted by Crippen LogP contribution is 2.24. The molecule has 0 aromatic rings. The third-order valence-electron chi connectivity index (χ3n) is 3.18. The minimum absolute atomic E-state index is 0.479. The molecule has 0 amide bonds. The van der Waals surface area contributed by atoms with Crippen LogP contribution in [0.15, 0.2) is 0 Å². The van der Waals surface area contributed by atoms with E-state index in [1.54, 1.807) is 0 Å². The molecule has 0 aliphatic carbocycles. The van der Waals surface area contributed by atoms with Crippen LogP contribution in [-0.2, 0) is 0 Å². The average Bonchev–Trinajstić information content (AvgIpc) is 2.36. The summed E-state index contributed by atoms with van der Waals surface area (Å²) in [7, 11) is 0.479. The van der Waals surface area contributed by atoms with E-state index in [1.165, 1.54) is 77.3 Å². The Bertz CT molecular complexity index is 130. The van der Waals surface area contributed by atoms with Crippen LogP contribution in [0.4, 0.5) is 0 Å². The monoisotopic (exact) mass is 279 g/mol. The minimum Gasteiger partial charge on any atom is -0.272 e. The van der Waals surface area contributed by atoms with Gasteiger partial charge in [0.25, 0.3) is 0 Å². The molecule has 17 heavy (non-hydrogen) atoms. The van der Waals surface area contributed by atoms with Crippen molar-refractivity contribution in [2.24, 2.45) is 0 Å². The van der Waals surface area contributed by atoms with Gasteiger partial charge in [-0.05, 0) is 12.8 Å². The van der Waals surface area contributed by atoms with Crippen LogP contribution in [0.3, 0.4) is 0 Å². The maximum absolute atomic E-state index is 6.00. The van der Waals surface area contributed by atoms with Crippen LogP contribution in [0.5, 0.6) is 0 Å². The molecule has 0 aliphatic rings. The van der Waals surface area contributed by atoms with Gasteiger partial charge in [-0.25, -0.2) is 0 Å². The highest BCUT2D eigenvalue weighted by atomic mass is 35.7. The van der Waals surface area contributed by atoms with Gasteiger partial charge in [0.1, 0.15) is 0 Å². The second-order valence-electron chi connectivity index (χ2n) is 4.90. The van der Waals surface area contributed by atoms with Gasteiger partial charge in [0.2, 0.25) is 0 Å². The molecule has 1 nitrogen and oxygen atoms in total. The number of hydrogen-bond acceptors (Lipinski definition) is 1. The molecule has 104 valence electrons. The summed E-state index contributed by atoms with van der Waals surface area (Å²) in [5, 5.41) is 0. The molecule has 0 heterocycles. The molecule has 1 unspecified atom stereocenters. The predicted molar refractivity (Wildman–Crippen MR) is 83.3 cm³/mol. The summed E-state index contributed by atoms with van der Waals surface area (Å²) in [5.41, 5.74) is 0. The first-order valence-corrected chi connectivity index (χ1v) is 9.42. The third-order valence-corrected chi connectivity index (χ3v) is 4.59. The van der Waals surface area contributed by atoms with Crippen LogP contribution in [-0.4, -0.2) is 17.8 Å². The van der Waals surface area contributed by atoms with Gasteiger partial charge in [-0.1, -0.05) is 76.5 Å². The van der Waals surface area contributed by atoms with E-state index in [0.29, 0.717) is 8.08 Å². The van der Waals surface area contributed by atoms with E-state index in [2.05, 4.69) is 18.5 Å². The van der Waals surface area contributed by atoms with Gasteiger partial charge < -0.3 is 0 Å². The smallest absolute Gasteiger partial charge is 0.0478 e. The molecule has 1 atom stereocenters. The summed E-state index contributed by atoms with van der Waals surface area (Å²) >= 11 is 6.00. The summed E-state index contributed by atoms with van der Waals surface area (Å²) in [4.78, 5) is 0. The van der Waals surface area contributed by atoms with E-state index < -0.39 is 0 Å². The zero-order chi connectivity index (χ0) is 12.8. The number of unbranched alkanes of at least 4 members (excludes halogenated alkanes) is 8. The topological polar surface area (TPSA) is 3.24 Å². The second kappa shape index (κ2) is 14.7. The van der Waals surface area contributed by atoms with Gasteiger partial charge in [-0.2, -0.15) is 0 Å². The van der Waals surface area contributed by atoms with E-state index in [0.717, 1.165) is 0 Å². The lowest BCUT2D eigenvalue weighted by atomic mass is 10.1. The molecule has 0 spiro atoms. The van der Waals surface area contributed by atoms with Gasteiger partial charge in [0.05, 0.1) is 0 Å². The lowest BCUT2D eigenvalue weighted by molar-refractivity contribution is 0.423. The van der Waals surface area contributed by atoms with E-state index in [-0.39, 0.29) is 0 Å². The first kappa shape index (κ1) is 17.7. The van der Waals surface area contributed by atoms with Crippen LogP contribution in [0.25, 0.3) is 0 Å². The Kier molecular flexibility index (Phi) is 15.3. The summed E-state index contributed by atoms with van der Waals surface area (Å²) in [5.74, 6) is 0. The average molecular weight is 280 g/mol. The minimum atomic E-state index is 0.479. The van der Waals surface area contributed by atoms with Crippen molar-refractivity contribution in [1.82, 2.24) is 4.67 Å². The molecule has 0 radical (unpaired) electrons. The Balaban J connectivity index is 3.30. The fourth-order valence-corrected chi connectivity index (χ4v) is 3.00. The SMILES string of the molecule is CCCCCCCN(CCCCCCC)PCl. The molecule has 0 aromatic carbocycles. The fourth-order valence-electron chi connectivity index (χ4n) is 2.01. The second-order valence-corrected chi connectivity index (χ2v) is 6.21. The van der Waals surface area contributed by atoms with Crippen molar-refractivity contribution in [3.8, 4) is 0 Å². The van der Waals surface area contributed by atoms with Crippen molar-refractivity contribution in [2.45, 2.75) is 78.1 Å². The molecule has 0 rings (SSSR count). The van der Waals surface area contributed by atoms with Crippen molar-refractivity contribution in [3.05, 3.63) is 0 Å².